The summed E-state index contributed by atoms with van der Waals surface area (Å²) in [4.78, 5) is 0. The quantitative estimate of drug-likeness (QED) is 0.753. The van der Waals surface area contributed by atoms with Gasteiger partial charge in [-0.2, -0.15) is 0 Å². The van der Waals surface area contributed by atoms with Crippen molar-refractivity contribution in [3.63, 3.8) is 0 Å². The SMILES string of the molecule is C=C(Cl)/C=C(Br)\C(F)=C/CO. The van der Waals surface area contributed by atoms with E-state index < -0.39 is 5.83 Å². The molecule has 0 bridgehead atoms. The molecule has 62 valence electrons. The van der Waals surface area contributed by atoms with E-state index in [2.05, 4.69) is 22.5 Å². The number of rotatable bonds is 3. The minimum absolute atomic E-state index is 0.173. The Morgan fingerprint density at radius 3 is 2.64 bits per heavy atom. The van der Waals surface area contributed by atoms with Crippen LogP contribution in [0.2, 0.25) is 0 Å². The number of aliphatic hydroxyl groups excluding tert-OH is 1. The molecule has 0 radical (unpaired) electrons. The standard InChI is InChI=1S/C7H7BrClFO/c1-5(9)4-6(8)7(10)2-3-11/h2,4,11H,1,3H2/b6-4+,7-2+. The van der Waals surface area contributed by atoms with Gasteiger partial charge >= 0.3 is 0 Å². The molecular weight excluding hydrogens is 234 g/mol. The molecule has 4 heteroatoms. The third-order valence-corrected chi connectivity index (χ3v) is 1.50. The molecule has 0 fully saturated rings. The van der Waals surface area contributed by atoms with E-state index in [9.17, 15) is 4.39 Å². The van der Waals surface area contributed by atoms with Crippen LogP contribution in [0.25, 0.3) is 0 Å². The lowest BCUT2D eigenvalue weighted by Gasteiger charge is -1.92. The maximum absolute atomic E-state index is 12.6. The second-order valence-electron chi connectivity index (χ2n) is 1.67. The van der Waals surface area contributed by atoms with Gasteiger partial charge in [-0.15, -0.1) is 0 Å². The van der Waals surface area contributed by atoms with Gasteiger partial charge < -0.3 is 5.11 Å². The summed E-state index contributed by atoms with van der Waals surface area (Å²) in [6, 6.07) is 0. The van der Waals surface area contributed by atoms with Crippen LogP contribution in [0.5, 0.6) is 0 Å². The maximum Gasteiger partial charge on any atom is 0.135 e. The molecule has 0 rings (SSSR count). The molecule has 1 N–H and O–H groups in total. The highest BCUT2D eigenvalue weighted by Crippen LogP contribution is 2.20. The van der Waals surface area contributed by atoms with Crippen LogP contribution in [0, 0.1) is 0 Å². The van der Waals surface area contributed by atoms with Crippen molar-refractivity contribution in [3.05, 3.63) is 34.1 Å². The molecule has 1 nitrogen and oxygen atoms in total. The molecule has 0 saturated carbocycles. The predicted octanol–water partition coefficient (Wildman–Crippen LogP) is 2.86. The lowest BCUT2D eigenvalue weighted by molar-refractivity contribution is 0.339. The minimum atomic E-state index is -0.561. The van der Waals surface area contributed by atoms with Crippen LogP contribution in [0.1, 0.15) is 0 Å². The summed E-state index contributed by atoms with van der Waals surface area (Å²) in [6.07, 6.45) is 2.32. The molecule has 0 aromatic carbocycles. The average molecular weight is 241 g/mol. The highest BCUT2D eigenvalue weighted by Gasteiger charge is 1.98. The van der Waals surface area contributed by atoms with Gasteiger partial charge in [0.1, 0.15) is 5.83 Å². The third kappa shape index (κ3) is 5.18. The fourth-order valence-corrected chi connectivity index (χ4v) is 1.06. The van der Waals surface area contributed by atoms with Gasteiger partial charge in [0.15, 0.2) is 0 Å². The lowest BCUT2D eigenvalue weighted by atomic mass is 10.4. The van der Waals surface area contributed by atoms with E-state index in [0.717, 1.165) is 6.08 Å². The first-order valence-corrected chi connectivity index (χ1v) is 3.93. The number of hydrogen-bond acceptors (Lipinski definition) is 1. The van der Waals surface area contributed by atoms with E-state index in [0.29, 0.717) is 0 Å². The molecule has 0 heterocycles. The minimum Gasteiger partial charge on any atom is -0.392 e. The first-order chi connectivity index (χ1) is 5.07. The Hall–Kier alpha value is -0.120. The molecule has 0 amide bonds. The second-order valence-corrected chi connectivity index (χ2v) is 3.01. The van der Waals surface area contributed by atoms with Gasteiger partial charge in [-0.25, -0.2) is 4.39 Å². The van der Waals surface area contributed by atoms with Gasteiger partial charge in [-0.1, -0.05) is 18.2 Å². The number of hydrogen-bond donors (Lipinski definition) is 1. The Balaban J connectivity index is 4.35. The number of aliphatic hydroxyl groups is 1. The average Bonchev–Trinajstić information content (AvgIpc) is 1.86. The van der Waals surface area contributed by atoms with E-state index in [1.165, 1.54) is 6.08 Å². The summed E-state index contributed by atoms with van der Waals surface area (Å²) in [5, 5.41) is 8.52. The number of allylic oxidation sites excluding steroid dienone is 4. The third-order valence-electron chi connectivity index (χ3n) is 0.782. The molecule has 0 atom stereocenters. The largest absolute Gasteiger partial charge is 0.392 e. The highest BCUT2D eigenvalue weighted by atomic mass is 79.9. The molecule has 0 aliphatic rings. The Morgan fingerprint density at radius 2 is 2.27 bits per heavy atom. The van der Waals surface area contributed by atoms with Crippen molar-refractivity contribution in [3.8, 4) is 0 Å². The van der Waals surface area contributed by atoms with E-state index in [1.807, 2.05) is 0 Å². The summed E-state index contributed by atoms with van der Waals surface area (Å²) in [5.74, 6) is -0.561. The van der Waals surface area contributed by atoms with Gasteiger partial charge in [0.25, 0.3) is 0 Å². The van der Waals surface area contributed by atoms with Crippen LogP contribution in [-0.2, 0) is 0 Å². The number of halogens is 3. The van der Waals surface area contributed by atoms with Crippen LogP contribution in [0.3, 0.4) is 0 Å². The molecule has 0 spiro atoms. The monoisotopic (exact) mass is 240 g/mol. The lowest BCUT2D eigenvalue weighted by Crippen LogP contribution is -1.78. The zero-order valence-corrected chi connectivity index (χ0v) is 7.99. The first kappa shape index (κ1) is 10.9. The zero-order valence-electron chi connectivity index (χ0n) is 5.65. The highest BCUT2D eigenvalue weighted by molar-refractivity contribution is 9.11. The molecule has 0 aromatic heterocycles. The van der Waals surface area contributed by atoms with Gasteiger partial charge in [0, 0.05) is 5.03 Å². The van der Waals surface area contributed by atoms with Crippen molar-refractivity contribution in [1.29, 1.82) is 0 Å². The molecule has 0 unspecified atom stereocenters. The molecule has 0 aliphatic carbocycles. The zero-order chi connectivity index (χ0) is 8.85. The molecular formula is C7H7BrClFO. The van der Waals surface area contributed by atoms with Crippen molar-refractivity contribution in [1.82, 2.24) is 0 Å². The van der Waals surface area contributed by atoms with E-state index >= 15 is 0 Å². The van der Waals surface area contributed by atoms with Crippen LogP contribution in [0.4, 0.5) is 4.39 Å². The van der Waals surface area contributed by atoms with E-state index in [4.69, 9.17) is 16.7 Å². The van der Waals surface area contributed by atoms with Crippen molar-refractivity contribution in [2.45, 2.75) is 0 Å². The maximum atomic E-state index is 12.6. The molecule has 11 heavy (non-hydrogen) atoms. The van der Waals surface area contributed by atoms with Crippen molar-refractivity contribution in [2.24, 2.45) is 0 Å². The van der Waals surface area contributed by atoms with Crippen LogP contribution < -0.4 is 0 Å². The fraction of sp³-hybridized carbons (Fsp3) is 0.143. The van der Waals surface area contributed by atoms with Crippen molar-refractivity contribution < 1.29 is 9.50 Å². The van der Waals surface area contributed by atoms with Gasteiger partial charge in [-0.3, -0.25) is 0 Å². The molecule has 0 aliphatic heterocycles. The van der Waals surface area contributed by atoms with E-state index in [-0.39, 0.29) is 16.1 Å². The van der Waals surface area contributed by atoms with Crippen LogP contribution >= 0.6 is 27.5 Å². The normalized spacial score (nSPS) is 13.5. The smallest absolute Gasteiger partial charge is 0.135 e. The first-order valence-electron chi connectivity index (χ1n) is 2.76. The summed E-state index contributed by atoms with van der Waals surface area (Å²) >= 11 is 8.27. The Bertz CT molecular complexity index is 210. The topological polar surface area (TPSA) is 20.2 Å². The summed E-state index contributed by atoms with van der Waals surface area (Å²) in [6.45, 7) is 3.00. The van der Waals surface area contributed by atoms with Crippen LogP contribution in [-0.4, -0.2) is 11.7 Å². The van der Waals surface area contributed by atoms with Crippen molar-refractivity contribution >= 4 is 27.5 Å². The van der Waals surface area contributed by atoms with Crippen molar-refractivity contribution in [2.75, 3.05) is 6.61 Å². The van der Waals surface area contributed by atoms with E-state index in [1.54, 1.807) is 0 Å². The second kappa shape index (κ2) is 5.52. The Labute approximate surface area is 78.0 Å². The molecule has 0 saturated heterocycles. The summed E-state index contributed by atoms with van der Waals surface area (Å²) in [5.41, 5.74) is 0. The molecule has 0 aromatic rings. The Morgan fingerprint density at radius 1 is 1.73 bits per heavy atom. The van der Waals surface area contributed by atoms with Gasteiger partial charge in [0.2, 0.25) is 0 Å². The van der Waals surface area contributed by atoms with Gasteiger partial charge in [-0.05, 0) is 28.1 Å². The van der Waals surface area contributed by atoms with Gasteiger partial charge in [0.05, 0.1) is 11.1 Å². The fourth-order valence-electron chi connectivity index (χ4n) is 0.384. The predicted molar refractivity (Wildman–Crippen MR) is 48.3 cm³/mol. The summed E-state index contributed by atoms with van der Waals surface area (Å²) < 4.78 is 12.8. The Kier molecular flexibility index (Phi) is 5.46. The van der Waals surface area contributed by atoms with Crippen LogP contribution in [0.15, 0.2) is 34.1 Å². The summed E-state index contributed by atoms with van der Waals surface area (Å²) in [7, 11) is 0.